The second kappa shape index (κ2) is 6.11. The van der Waals surface area contributed by atoms with Gasteiger partial charge in [0.25, 0.3) is 0 Å². The number of aliphatic hydroxyl groups is 1. The Morgan fingerprint density at radius 3 is 2.57 bits per heavy atom. The number of aliphatic hydroxyl groups excluding tert-OH is 1. The molecule has 0 radical (unpaired) electrons. The van der Waals surface area contributed by atoms with Gasteiger partial charge < -0.3 is 19.6 Å². The molecule has 0 heterocycles. The lowest BCUT2D eigenvalue weighted by atomic mass is 10.0. The quantitative estimate of drug-likeness (QED) is 0.449. The van der Waals surface area contributed by atoms with E-state index in [-0.39, 0.29) is 13.2 Å². The number of rotatable bonds is 6. The molecule has 0 aliphatic carbocycles. The first-order valence-electron chi connectivity index (χ1n) is 3.92. The predicted octanol–water partition coefficient (Wildman–Crippen LogP) is 0.489. The van der Waals surface area contributed by atoms with Crippen molar-refractivity contribution in [2.75, 3.05) is 20.3 Å². The summed E-state index contributed by atoms with van der Waals surface area (Å²) in [7, 11) is -2.69. The van der Waals surface area contributed by atoms with Crippen LogP contribution in [-0.4, -0.2) is 35.2 Å². The van der Waals surface area contributed by atoms with E-state index in [0.717, 1.165) is 5.82 Å². The van der Waals surface area contributed by atoms with Gasteiger partial charge in [-0.25, -0.2) is 0 Å². The molecular formula is C8H15O5P. The SMILES string of the molecule is C=C(COC)C(/C=C/P(=O)(O)O)CO. The van der Waals surface area contributed by atoms with Crippen molar-refractivity contribution in [3.8, 4) is 0 Å². The second-order valence-corrected chi connectivity index (χ2v) is 4.29. The van der Waals surface area contributed by atoms with Gasteiger partial charge >= 0.3 is 7.60 Å². The average molecular weight is 222 g/mol. The molecule has 0 bridgehead atoms. The van der Waals surface area contributed by atoms with E-state index in [2.05, 4.69) is 6.58 Å². The Labute approximate surface area is 82.9 Å². The highest BCUT2D eigenvalue weighted by Crippen LogP contribution is 2.36. The van der Waals surface area contributed by atoms with Crippen LogP contribution in [0.25, 0.3) is 0 Å². The standard InChI is InChI=1S/C8H15O5P/c1-7(6-13-2)8(5-9)3-4-14(10,11)12/h3-4,8-9H,1,5-6H2,2H3,(H2,10,11,12)/b4-3+. The minimum Gasteiger partial charge on any atom is -0.395 e. The number of hydrogen-bond donors (Lipinski definition) is 3. The molecule has 14 heavy (non-hydrogen) atoms. The van der Waals surface area contributed by atoms with Gasteiger partial charge in [0.05, 0.1) is 13.2 Å². The summed E-state index contributed by atoms with van der Waals surface area (Å²) >= 11 is 0. The molecule has 0 fully saturated rings. The second-order valence-electron chi connectivity index (χ2n) is 2.81. The third kappa shape index (κ3) is 6.07. The Kier molecular flexibility index (Phi) is 5.92. The first-order chi connectivity index (χ1) is 6.40. The van der Waals surface area contributed by atoms with Gasteiger partial charge in [0.2, 0.25) is 0 Å². The Morgan fingerprint density at radius 1 is 1.64 bits per heavy atom. The number of methoxy groups -OCH3 is 1. The summed E-state index contributed by atoms with van der Waals surface area (Å²) in [6, 6.07) is 0. The van der Waals surface area contributed by atoms with Crippen LogP contribution >= 0.6 is 7.60 Å². The average Bonchev–Trinajstić information content (AvgIpc) is 2.03. The van der Waals surface area contributed by atoms with Crippen molar-refractivity contribution in [2.45, 2.75) is 0 Å². The zero-order valence-corrected chi connectivity index (χ0v) is 8.85. The Balaban J connectivity index is 4.36. The molecule has 0 aromatic carbocycles. The molecule has 0 aromatic heterocycles. The van der Waals surface area contributed by atoms with Crippen LogP contribution in [0.3, 0.4) is 0 Å². The first kappa shape index (κ1) is 13.5. The van der Waals surface area contributed by atoms with Crippen LogP contribution in [0.4, 0.5) is 0 Å². The summed E-state index contributed by atoms with van der Waals surface area (Å²) in [4.78, 5) is 17.1. The van der Waals surface area contributed by atoms with E-state index < -0.39 is 13.5 Å². The zero-order chi connectivity index (χ0) is 11.2. The van der Waals surface area contributed by atoms with Crippen molar-refractivity contribution in [3.05, 3.63) is 24.0 Å². The van der Waals surface area contributed by atoms with Crippen LogP contribution in [0.1, 0.15) is 0 Å². The van der Waals surface area contributed by atoms with Crippen LogP contribution in [-0.2, 0) is 9.30 Å². The lowest BCUT2D eigenvalue weighted by Gasteiger charge is -2.12. The molecule has 1 atom stereocenters. The molecule has 0 aliphatic heterocycles. The number of hydrogen-bond acceptors (Lipinski definition) is 3. The summed E-state index contributed by atoms with van der Waals surface area (Å²) in [5.74, 6) is 0.275. The van der Waals surface area contributed by atoms with Crippen LogP contribution in [0.15, 0.2) is 24.0 Å². The van der Waals surface area contributed by atoms with E-state index >= 15 is 0 Å². The highest BCUT2D eigenvalue weighted by atomic mass is 31.2. The molecule has 0 aliphatic rings. The van der Waals surface area contributed by atoms with E-state index in [9.17, 15) is 4.57 Å². The van der Waals surface area contributed by atoms with Crippen molar-refractivity contribution < 1.29 is 24.2 Å². The molecule has 1 unspecified atom stereocenters. The summed E-state index contributed by atoms with van der Waals surface area (Å²) < 4.78 is 15.3. The van der Waals surface area contributed by atoms with E-state index in [1.807, 2.05) is 0 Å². The maximum Gasteiger partial charge on any atom is 0.348 e. The fourth-order valence-corrected chi connectivity index (χ4v) is 1.27. The Bertz CT molecular complexity index is 254. The third-order valence-corrected chi connectivity index (χ3v) is 2.12. The fourth-order valence-electron chi connectivity index (χ4n) is 0.834. The van der Waals surface area contributed by atoms with Crippen molar-refractivity contribution in [1.82, 2.24) is 0 Å². The third-order valence-electron chi connectivity index (χ3n) is 1.56. The molecule has 0 spiro atoms. The minimum absolute atomic E-state index is 0.247. The molecule has 0 saturated heterocycles. The lowest BCUT2D eigenvalue weighted by molar-refractivity contribution is 0.204. The van der Waals surface area contributed by atoms with Gasteiger partial charge in [-0.15, -0.1) is 0 Å². The van der Waals surface area contributed by atoms with Crippen molar-refractivity contribution in [1.29, 1.82) is 0 Å². The van der Waals surface area contributed by atoms with Gasteiger partial charge in [-0.2, -0.15) is 0 Å². The smallest absolute Gasteiger partial charge is 0.348 e. The van der Waals surface area contributed by atoms with Crippen molar-refractivity contribution in [2.24, 2.45) is 5.92 Å². The maximum absolute atomic E-state index is 10.5. The Hall–Kier alpha value is -0.450. The maximum atomic E-state index is 10.5. The molecule has 3 N–H and O–H groups in total. The molecule has 0 rings (SSSR count). The molecule has 0 saturated carbocycles. The highest BCUT2D eigenvalue weighted by molar-refractivity contribution is 7.55. The van der Waals surface area contributed by atoms with Crippen LogP contribution in [0.2, 0.25) is 0 Å². The highest BCUT2D eigenvalue weighted by Gasteiger charge is 2.11. The molecule has 0 aromatic rings. The van der Waals surface area contributed by atoms with Crippen LogP contribution < -0.4 is 0 Å². The molecule has 5 nitrogen and oxygen atoms in total. The normalized spacial score (nSPS) is 14.6. The lowest BCUT2D eigenvalue weighted by Crippen LogP contribution is -2.09. The first-order valence-corrected chi connectivity index (χ1v) is 5.61. The van der Waals surface area contributed by atoms with Gasteiger partial charge in [0.15, 0.2) is 0 Å². The Morgan fingerprint density at radius 2 is 2.21 bits per heavy atom. The number of ether oxygens (including phenoxy) is 1. The van der Waals surface area contributed by atoms with Gasteiger partial charge in [-0.1, -0.05) is 12.7 Å². The summed E-state index contributed by atoms with van der Waals surface area (Å²) in [6.07, 6.45) is 1.24. The van der Waals surface area contributed by atoms with Gasteiger partial charge in [-0.05, 0) is 5.57 Å². The van der Waals surface area contributed by atoms with Gasteiger partial charge in [0.1, 0.15) is 0 Å². The van der Waals surface area contributed by atoms with E-state index in [4.69, 9.17) is 19.6 Å². The van der Waals surface area contributed by atoms with Crippen LogP contribution in [0, 0.1) is 5.92 Å². The van der Waals surface area contributed by atoms with E-state index in [1.165, 1.54) is 13.2 Å². The van der Waals surface area contributed by atoms with Crippen molar-refractivity contribution in [3.63, 3.8) is 0 Å². The van der Waals surface area contributed by atoms with Crippen LogP contribution in [0.5, 0.6) is 0 Å². The monoisotopic (exact) mass is 222 g/mol. The summed E-state index contributed by atoms with van der Waals surface area (Å²) in [5, 5.41) is 8.90. The topological polar surface area (TPSA) is 87.0 Å². The molecule has 6 heteroatoms. The van der Waals surface area contributed by atoms with Gasteiger partial charge in [0, 0.05) is 18.8 Å². The largest absolute Gasteiger partial charge is 0.395 e. The zero-order valence-electron chi connectivity index (χ0n) is 7.96. The summed E-state index contributed by atoms with van der Waals surface area (Å²) in [5.41, 5.74) is 0.569. The van der Waals surface area contributed by atoms with Gasteiger partial charge in [-0.3, -0.25) is 4.57 Å². The van der Waals surface area contributed by atoms with E-state index in [0.29, 0.717) is 5.57 Å². The summed E-state index contributed by atoms with van der Waals surface area (Å²) in [6.45, 7) is 3.62. The minimum atomic E-state index is -4.17. The fraction of sp³-hybridized carbons (Fsp3) is 0.500. The molecule has 0 amide bonds. The van der Waals surface area contributed by atoms with E-state index in [1.54, 1.807) is 0 Å². The molecule has 82 valence electrons. The predicted molar refractivity (Wildman–Crippen MR) is 52.8 cm³/mol. The van der Waals surface area contributed by atoms with Crippen molar-refractivity contribution >= 4 is 7.60 Å². The molecular weight excluding hydrogens is 207 g/mol.